The van der Waals surface area contributed by atoms with E-state index in [0.717, 1.165) is 23.1 Å². The number of halogens is 2. The topological polar surface area (TPSA) is 235 Å². The quantitative estimate of drug-likeness (QED) is 0.135. The van der Waals surface area contributed by atoms with Gasteiger partial charge in [-0.15, -0.1) is 0 Å². The molecule has 2 aromatic rings. The number of amides is 4. The van der Waals surface area contributed by atoms with Crippen LogP contribution in [-0.2, 0) is 16.0 Å². The molecule has 0 aromatic heterocycles. The number of carboxylic acids is 1. The van der Waals surface area contributed by atoms with Gasteiger partial charge in [0, 0.05) is 25.2 Å². The molecule has 3 atom stereocenters. The van der Waals surface area contributed by atoms with Crippen LogP contribution in [0.4, 0.5) is 9.18 Å². The summed E-state index contributed by atoms with van der Waals surface area (Å²) in [7, 11) is -1.85. The van der Waals surface area contributed by atoms with E-state index in [-0.39, 0.29) is 37.2 Å². The summed E-state index contributed by atoms with van der Waals surface area (Å²) in [4.78, 5) is 53.1. The number of nitrogens with two attached hydrogens (primary N) is 1. The van der Waals surface area contributed by atoms with E-state index in [1.165, 1.54) is 11.0 Å². The summed E-state index contributed by atoms with van der Waals surface area (Å²) in [5.74, 6) is -7.56. The van der Waals surface area contributed by atoms with Crippen LogP contribution in [0, 0.1) is 5.82 Å². The fourth-order valence-electron chi connectivity index (χ4n) is 4.78. The lowest BCUT2D eigenvalue weighted by Gasteiger charge is -2.38. The Morgan fingerprint density at radius 2 is 1.93 bits per heavy atom. The van der Waals surface area contributed by atoms with Gasteiger partial charge in [-0.1, -0.05) is 23.7 Å². The van der Waals surface area contributed by atoms with E-state index in [2.05, 4.69) is 10.6 Å². The van der Waals surface area contributed by atoms with Crippen LogP contribution in [0.2, 0.25) is 5.02 Å². The van der Waals surface area contributed by atoms with Crippen LogP contribution in [0.5, 0.6) is 17.2 Å². The zero-order valence-corrected chi connectivity index (χ0v) is 23.1. The van der Waals surface area contributed by atoms with Crippen molar-refractivity contribution in [3.05, 3.63) is 51.8 Å². The summed E-state index contributed by atoms with van der Waals surface area (Å²) in [6.07, 6.45) is -1.62. The zero-order chi connectivity index (χ0) is 31.6. The Morgan fingerprint density at radius 3 is 2.60 bits per heavy atom. The fourth-order valence-corrected chi connectivity index (χ4v) is 5.05. The van der Waals surface area contributed by atoms with E-state index in [9.17, 15) is 49.0 Å². The van der Waals surface area contributed by atoms with Crippen molar-refractivity contribution in [1.29, 1.82) is 0 Å². The van der Waals surface area contributed by atoms with Gasteiger partial charge < -0.3 is 51.4 Å². The van der Waals surface area contributed by atoms with Crippen LogP contribution in [0.1, 0.15) is 33.9 Å². The monoisotopic (exact) mass is 623 g/mol. The lowest BCUT2D eigenvalue weighted by atomic mass is 9.72. The highest BCUT2D eigenvalue weighted by molar-refractivity contribution is 6.47. The molecule has 230 valence electrons. The zero-order valence-electron chi connectivity index (χ0n) is 22.4. The largest absolute Gasteiger partial charge is 0.547 e. The Balaban J connectivity index is 1.59. The molecule has 4 amide bonds. The molecule has 9 N–H and O–H groups in total. The average Bonchev–Trinajstić information content (AvgIpc) is 2.96. The number of benzene rings is 2. The lowest BCUT2D eigenvalue weighted by Crippen LogP contribution is -2.62. The molecular weight excluding hydrogens is 596 g/mol. The van der Waals surface area contributed by atoms with Gasteiger partial charge in [0.25, 0.3) is 5.91 Å². The second-order valence-electron chi connectivity index (χ2n) is 9.80. The second kappa shape index (κ2) is 12.9. The predicted octanol–water partition coefficient (Wildman–Crippen LogP) is -0.710. The SMILES string of the molecule is NCCCN1CCN(C(=O)N[C@H](C(=O)N[C@H]2Cc3ccc(F)c(C(=O)O)c3OB2O)c2ccc(O)c(O)c2Cl)C(O)C1=O. The average molecular weight is 624 g/mol. The highest BCUT2D eigenvalue weighted by Gasteiger charge is 2.42. The van der Waals surface area contributed by atoms with Crippen molar-refractivity contribution in [2.75, 3.05) is 26.2 Å². The molecule has 2 aliphatic heterocycles. The first kappa shape index (κ1) is 31.6. The van der Waals surface area contributed by atoms with Crippen LogP contribution in [0.3, 0.4) is 0 Å². The minimum atomic E-state index is -1.88. The van der Waals surface area contributed by atoms with Gasteiger partial charge in [0.05, 0.1) is 11.0 Å². The van der Waals surface area contributed by atoms with Crippen LogP contribution >= 0.6 is 11.6 Å². The standard InChI is InChI=1S/C25H28BClFN5O10/c27-17-12(3-5-14(34)19(17)35)18(31-25(41)33-9-8-32(7-1-6-29)22(37)23(33)38)21(36)30-15-10-11-2-4-13(28)16(24(39)40)20(11)43-26(15)42/h2-5,15,18,23,34-35,38,42H,1,6-10,29H2,(H,30,36)(H,31,41)(H,39,40)/t15-,18-,23?/m0/s1. The number of phenolic OH excluding ortho intramolecular Hbond substituents is 2. The molecule has 0 spiro atoms. The van der Waals surface area contributed by atoms with Crippen molar-refractivity contribution in [2.24, 2.45) is 5.73 Å². The molecular formula is C25H28BClFN5O10. The molecule has 0 aliphatic carbocycles. The maximum absolute atomic E-state index is 14.1. The molecule has 0 radical (unpaired) electrons. The number of carbonyl (C=O) groups is 4. The van der Waals surface area contributed by atoms with E-state index in [1.807, 2.05) is 0 Å². The first-order valence-electron chi connectivity index (χ1n) is 13.0. The van der Waals surface area contributed by atoms with Crippen LogP contribution in [0.25, 0.3) is 0 Å². The molecule has 1 saturated heterocycles. The molecule has 2 aromatic carbocycles. The summed E-state index contributed by atoms with van der Waals surface area (Å²) in [5.41, 5.74) is 4.63. The number of nitrogens with zero attached hydrogens (tertiary/aromatic N) is 2. The van der Waals surface area contributed by atoms with Crippen molar-refractivity contribution in [1.82, 2.24) is 20.4 Å². The van der Waals surface area contributed by atoms with Gasteiger partial charge in [0.1, 0.15) is 23.2 Å². The number of carbonyl (C=O) groups excluding carboxylic acids is 3. The summed E-state index contributed by atoms with van der Waals surface area (Å²) < 4.78 is 19.3. The van der Waals surface area contributed by atoms with E-state index >= 15 is 0 Å². The minimum absolute atomic E-state index is 0.0743. The molecule has 1 unspecified atom stereocenters. The van der Waals surface area contributed by atoms with Gasteiger partial charge in [0.2, 0.25) is 12.1 Å². The molecule has 2 heterocycles. The Kier molecular flexibility index (Phi) is 9.49. The first-order chi connectivity index (χ1) is 20.3. The van der Waals surface area contributed by atoms with E-state index in [1.54, 1.807) is 0 Å². The molecule has 1 fully saturated rings. The van der Waals surface area contributed by atoms with Crippen molar-refractivity contribution in [2.45, 2.75) is 31.1 Å². The number of carboxylic acid groups (broad SMARTS) is 1. The van der Waals surface area contributed by atoms with Crippen LogP contribution in [-0.4, -0.2) is 105 Å². The maximum Gasteiger partial charge on any atom is 0.547 e. The van der Waals surface area contributed by atoms with E-state index < -0.39 is 82.8 Å². The van der Waals surface area contributed by atoms with Crippen molar-refractivity contribution in [3.8, 4) is 17.2 Å². The smallest absolute Gasteiger partial charge is 0.534 e. The Labute approximate surface area is 248 Å². The van der Waals surface area contributed by atoms with Gasteiger partial charge in [-0.05, 0) is 37.1 Å². The summed E-state index contributed by atoms with van der Waals surface area (Å²) >= 11 is 6.19. The molecule has 0 saturated carbocycles. The van der Waals surface area contributed by atoms with Gasteiger partial charge in [0.15, 0.2) is 11.5 Å². The Morgan fingerprint density at radius 1 is 1.21 bits per heavy atom. The number of aromatic carboxylic acids is 1. The van der Waals surface area contributed by atoms with Gasteiger partial charge in [-0.3, -0.25) is 14.5 Å². The van der Waals surface area contributed by atoms with Crippen molar-refractivity contribution < 1.29 is 53.7 Å². The number of aromatic hydroxyl groups is 2. The minimum Gasteiger partial charge on any atom is -0.534 e. The third kappa shape index (κ3) is 6.39. The molecule has 0 bridgehead atoms. The van der Waals surface area contributed by atoms with Crippen LogP contribution in [0.15, 0.2) is 24.3 Å². The fraction of sp³-hybridized carbons (Fsp3) is 0.360. The summed E-state index contributed by atoms with van der Waals surface area (Å²) in [5, 5.41) is 54.7. The lowest BCUT2D eigenvalue weighted by molar-refractivity contribution is -0.154. The first-order valence-corrected chi connectivity index (χ1v) is 13.4. The third-order valence-corrected chi connectivity index (χ3v) is 7.45. The molecule has 18 heteroatoms. The predicted molar refractivity (Wildman–Crippen MR) is 147 cm³/mol. The number of fused-ring (bicyclic) bond motifs is 1. The molecule has 4 rings (SSSR count). The molecule has 43 heavy (non-hydrogen) atoms. The highest BCUT2D eigenvalue weighted by Crippen LogP contribution is 2.38. The van der Waals surface area contributed by atoms with Gasteiger partial charge in [-0.2, -0.15) is 0 Å². The number of rotatable bonds is 8. The van der Waals surface area contributed by atoms with Crippen molar-refractivity contribution >= 4 is 42.5 Å². The number of hydrogen-bond acceptors (Lipinski definition) is 10. The number of piperazine rings is 1. The Bertz CT molecular complexity index is 1450. The number of aliphatic hydroxyl groups is 1. The number of hydrogen-bond donors (Lipinski definition) is 8. The summed E-state index contributed by atoms with van der Waals surface area (Å²) in [6.45, 7) is 0.543. The van der Waals surface area contributed by atoms with E-state index in [0.29, 0.717) is 13.0 Å². The number of phenols is 2. The second-order valence-corrected chi connectivity index (χ2v) is 10.2. The Hall–Kier alpha value is -4.32. The van der Waals surface area contributed by atoms with Gasteiger partial charge >= 0.3 is 19.1 Å². The van der Waals surface area contributed by atoms with Gasteiger partial charge in [-0.25, -0.2) is 14.0 Å². The molecule has 15 nitrogen and oxygen atoms in total. The number of nitrogens with one attached hydrogen (secondary N) is 2. The van der Waals surface area contributed by atoms with Crippen molar-refractivity contribution in [3.63, 3.8) is 0 Å². The molecule has 2 aliphatic rings. The van der Waals surface area contributed by atoms with Crippen LogP contribution < -0.4 is 21.0 Å². The van der Waals surface area contributed by atoms with E-state index in [4.69, 9.17) is 22.0 Å². The summed E-state index contributed by atoms with van der Waals surface area (Å²) in [6, 6.07) is 1.48. The third-order valence-electron chi connectivity index (χ3n) is 7.05. The normalized spacial score (nSPS) is 18.9. The number of aliphatic hydroxyl groups excluding tert-OH is 1. The highest BCUT2D eigenvalue weighted by atomic mass is 35.5. The maximum atomic E-state index is 14.1. The number of urea groups is 1.